The Morgan fingerprint density at radius 2 is 1.92 bits per heavy atom. The fourth-order valence-electron chi connectivity index (χ4n) is 3.34. The third-order valence-electron chi connectivity index (χ3n) is 4.47. The molecule has 5 nitrogen and oxygen atoms in total. The second kappa shape index (κ2) is 8.11. The van der Waals surface area contributed by atoms with Crippen molar-refractivity contribution in [3.8, 4) is 0 Å². The van der Waals surface area contributed by atoms with Crippen LogP contribution < -0.4 is 0 Å². The zero-order valence-corrected chi connectivity index (χ0v) is 14.9. The van der Waals surface area contributed by atoms with Gasteiger partial charge in [0.05, 0.1) is 6.54 Å². The third-order valence-corrected chi connectivity index (χ3v) is 4.47. The van der Waals surface area contributed by atoms with Crippen LogP contribution in [0.25, 0.3) is 0 Å². The summed E-state index contributed by atoms with van der Waals surface area (Å²) in [5.74, 6) is -0.0336. The van der Waals surface area contributed by atoms with Crippen LogP contribution in [0.3, 0.4) is 0 Å². The number of amides is 1. The van der Waals surface area contributed by atoms with E-state index in [1.165, 1.54) is 5.69 Å². The maximum absolute atomic E-state index is 12.5. The molecule has 0 aliphatic heterocycles. The Balaban J connectivity index is 2.36. The summed E-state index contributed by atoms with van der Waals surface area (Å²) in [5, 5.41) is 4.58. The SMILES string of the molecule is C=CCN(CC=C)C1CCc2c(c(C(=O)N(C)C)nn2CC=C)C1. The van der Waals surface area contributed by atoms with E-state index in [0.29, 0.717) is 18.3 Å². The van der Waals surface area contributed by atoms with E-state index in [4.69, 9.17) is 0 Å². The Kier molecular flexibility index (Phi) is 6.15. The smallest absolute Gasteiger partial charge is 0.274 e. The lowest BCUT2D eigenvalue weighted by atomic mass is 9.90. The van der Waals surface area contributed by atoms with Crippen LogP contribution in [-0.2, 0) is 19.4 Å². The van der Waals surface area contributed by atoms with Crippen LogP contribution in [0, 0.1) is 0 Å². The summed E-state index contributed by atoms with van der Waals surface area (Å²) < 4.78 is 1.93. The highest BCUT2D eigenvalue weighted by Crippen LogP contribution is 2.28. The highest BCUT2D eigenvalue weighted by molar-refractivity contribution is 5.93. The molecule has 2 rings (SSSR count). The Morgan fingerprint density at radius 1 is 1.25 bits per heavy atom. The molecule has 5 heteroatoms. The average molecular weight is 328 g/mol. The van der Waals surface area contributed by atoms with Gasteiger partial charge in [-0.2, -0.15) is 5.10 Å². The molecule has 0 N–H and O–H groups in total. The standard InChI is InChI=1S/C19H28N4O/c1-6-11-22(12-7-2)15-9-10-17-16(14-15)18(19(24)21(4)5)20-23(17)13-8-3/h6-8,15H,1-3,9-14H2,4-5H3. The Morgan fingerprint density at radius 3 is 2.46 bits per heavy atom. The number of rotatable bonds is 8. The molecule has 0 radical (unpaired) electrons. The first-order chi connectivity index (χ1) is 11.5. The van der Waals surface area contributed by atoms with Gasteiger partial charge in [0, 0.05) is 44.5 Å². The molecule has 24 heavy (non-hydrogen) atoms. The predicted octanol–water partition coefficient (Wildman–Crippen LogP) is 2.30. The van der Waals surface area contributed by atoms with Crippen LogP contribution >= 0.6 is 0 Å². The zero-order chi connectivity index (χ0) is 17.7. The average Bonchev–Trinajstić information content (AvgIpc) is 2.92. The normalized spacial score (nSPS) is 16.5. The van der Waals surface area contributed by atoms with E-state index < -0.39 is 0 Å². The number of hydrogen-bond donors (Lipinski definition) is 0. The van der Waals surface area contributed by atoms with Crippen molar-refractivity contribution >= 4 is 5.91 Å². The molecule has 0 bridgehead atoms. The topological polar surface area (TPSA) is 41.4 Å². The van der Waals surface area contributed by atoms with Gasteiger partial charge in [-0.25, -0.2) is 0 Å². The van der Waals surface area contributed by atoms with Gasteiger partial charge < -0.3 is 4.90 Å². The number of nitrogens with zero attached hydrogens (tertiary/aromatic N) is 4. The molecule has 0 spiro atoms. The lowest BCUT2D eigenvalue weighted by Crippen LogP contribution is -2.40. The first kappa shape index (κ1) is 18.2. The minimum atomic E-state index is -0.0336. The second-order valence-corrected chi connectivity index (χ2v) is 6.37. The van der Waals surface area contributed by atoms with Crippen LogP contribution in [0.1, 0.15) is 28.2 Å². The van der Waals surface area contributed by atoms with Crippen LogP contribution in [0.5, 0.6) is 0 Å². The quantitative estimate of drug-likeness (QED) is 0.688. The molecule has 0 aromatic carbocycles. The van der Waals surface area contributed by atoms with Gasteiger partial charge in [-0.3, -0.25) is 14.4 Å². The summed E-state index contributed by atoms with van der Waals surface area (Å²) in [6.45, 7) is 13.8. The van der Waals surface area contributed by atoms with Gasteiger partial charge in [0.2, 0.25) is 0 Å². The van der Waals surface area contributed by atoms with Crippen LogP contribution in [0.2, 0.25) is 0 Å². The van der Waals surface area contributed by atoms with Crippen molar-refractivity contribution in [2.24, 2.45) is 0 Å². The monoisotopic (exact) mass is 328 g/mol. The van der Waals surface area contributed by atoms with Gasteiger partial charge in [0.15, 0.2) is 5.69 Å². The van der Waals surface area contributed by atoms with Crippen molar-refractivity contribution in [2.45, 2.75) is 31.8 Å². The number of hydrogen-bond acceptors (Lipinski definition) is 3. The Hall–Kier alpha value is -2.14. The van der Waals surface area contributed by atoms with E-state index in [1.54, 1.807) is 19.0 Å². The van der Waals surface area contributed by atoms with Crippen molar-refractivity contribution in [1.82, 2.24) is 19.6 Å². The molecule has 130 valence electrons. The summed E-state index contributed by atoms with van der Waals surface area (Å²) in [7, 11) is 3.53. The van der Waals surface area contributed by atoms with Gasteiger partial charge >= 0.3 is 0 Å². The third kappa shape index (κ3) is 3.67. The molecule has 0 saturated carbocycles. The van der Waals surface area contributed by atoms with Crippen LogP contribution in [-0.4, -0.2) is 58.7 Å². The number of allylic oxidation sites excluding steroid dienone is 1. The summed E-state index contributed by atoms with van der Waals surface area (Å²) >= 11 is 0. The maximum atomic E-state index is 12.5. The highest BCUT2D eigenvalue weighted by Gasteiger charge is 2.31. The number of carbonyl (C=O) groups is 1. The first-order valence-electron chi connectivity index (χ1n) is 8.40. The largest absolute Gasteiger partial charge is 0.343 e. The van der Waals surface area contributed by atoms with Crippen molar-refractivity contribution in [3.05, 3.63) is 54.9 Å². The minimum absolute atomic E-state index is 0.0336. The van der Waals surface area contributed by atoms with E-state index >= 15 is 0 Å². The summed E-state index contributed by atoms with van der Waals surface area (Å²) in [6, 6.07) is 0.378. The molecule has 1 aliphatic rings. The highest BCUT2D eigenvalue weighted by atomic mass is 16.2. The Labute approximate surface area is 144 Å². The molecule has 1 aromatic heterocycles. The van der Waals surface area contributed by atoms with Crippen LogP contribution in [0.15, 0.2) is 38.0 Å². The molecular formula is C19H28N4O. The molecule has 1 aromatic rings. The van der Waals surface area contributed by atoms with Gasteiger partial charge in [-0.1, -0.05) is 18.2 Å². The zero-order valence-electron chi connectivity index (χ0n) is 14.9. The molecule has 0 fully saturated rings. The van der Waals surface area contributed by atoms with Crippen LogP contribution in [0.4, 0.5) is 0 Å². The molecule has 1 unspecified atom stereocenters. The molecule has 1 aliphatic carbocycles. The van der Waals surface area contributed by atoms with Gasteiger partial charge in [-0.15, -0.1) is 19.7 Å². The van der Waals surface area contributed by atoms with Gasteiger partial charge in [0.1, 0.15) is 0 Å². The second-order valence-electron chi connectivity index (χ2n) is 6.37. The lowest BCUT2D eigenvalue weighted by Gasteiger charge is -2.33. The minimum Gasteiger partial charge on any atom is -0.343 e. The van der Waals surface area contributed by atoms with E-state index in [0.717, 1.165) is 37.9 Å². The summed E-state index contributed by atoms with van der Waals surface area (Å²) in [6.07, 6.45) is 8.48. The van der Waals surface area contributed by atoms with E-state index in [9.17, 15) is 4.79 Å². The molecular weight excluding hydrogens is 300 g/mol. The van der Waals surface area contributed by atoms with E-state index in [-0.39, 0.29) is 5.91 Å². The van der Waals surface area contributed by atoms with Gasteiger partial charge in [-0.05, 0) is 19.3 Å². The molecule has 1 heterocycles. The first-order valence-corrected chi connectivity index (χ1v) is 8.40. The van der Waals surface area contributed by atoms with Crippen molar-refractivity contribution < 1.29 is 4.79 Å². The van der Waals surface area contributed by atoms with Crippen molar-refractivity contribution in [2.75, 3.05) is 27.2 Å². The fraction of sp³-hybridized carbons (Fsp3) is 0.474. The fourth-order valence-corrected chi connectivity index (χ4v) is 3.34. The summed E-state index contributed by atoms with van der Waals surface area (Å²) in [4.78, 5) is 16.5. The van der Waals surface area contributed by atoms with E-state index in [2.05, 4.69) is 29.7 Å². The lowest BCUT2D eigenvalue weighted by molar-refractivity contribution is 0.0819. The van der Waals surface area contributed by atoms with Gasteiger partial charge in [0.25, 0.3) is 5.91 Å². The number of aromatic nitrogens is 2. The van der Waals surface area contributed by atoms with Crippen molar-refractivity contribution in [1.29, 1.82) is 0 Å². The Bertz CT molecular complexity index is 620. The maximum Gasteiger partial charge on any atom is 0.274 e. The molecule has 1 atom stereocenters. The van der Waals surface area contributed by atoms with Crippen molar-refractivity contribution in [3.63, 3.8) is 0 Å². The molecule has 1 amide bonds. The predicted molar refractivity (Wildman–Crippen MR) is 98.2 cm³/mol. The summed E-state index contributed by atoms with van der Waals surface area (Å²) in [5.41, 5.74) is 2.84. The number of fused-ring (bicyclic) bond motifs is 1. The van der Waals surface area contributed by atoms with E-state index in [1.807, 2.05) is 22.9 Å². The number of carbonyl (C=O) groups excluding carboxylic acids is 1. The molecule has 0 saturated heterocycles.